The highest BCUT2D eigenvalue weighted by Crippen LogP contribution is 2.40. The van der Waals surface area contributed by atoms with Gasteiger partial charge in [-0.1, -0.05) is 13.8 Å². The standard InChI is InChI=1S/C15H19FN4O3/c1-8(2)9-4-11(21-3)12(22-7-16)5-10(9)23-13-6-19-15(18)20-14(13)17/h4-6,8H,7H2,1-3H3,(H4,17,18,19,20). The molecule has 1 heterocycles. The normalized spacial score (nSPS) is 10.7. The van der Waals surface area contributed by atoms with Crippen molar-refractivity contribution in [2.45, 2.75) is 19.8 Å². The first-order valence-corrected chi connectivity index (χ1v) is 6.92. The first-order chi connectivity index (χ1) is 11.0. The number of aromatic nitrogens is 2. The first kappa shape index (κ1) is 16.6. The Kier molecular flexibility index (Phi) is 5.05. The molecule has 0 unspecified atom stereocenters. The van der Waals surface area contributed by atoms with Crippen LogP contribution >= 0.6 is 0 Å². The van der Waals surface area contributed by atoms with Crippen LogP contribution in [0.25, 0.3) is 0 Å². The fourth-order valence-electron chi connectivity index (χ4n) is 2.02. The number of hydrogen-bond donors (Lipinski definition) is 2. The van der Waals surface area contributed by atoms with E-state index in [0.717, 1.165) is 5.56 Å². The number of methoxy groups -OCH3 is 1. The van der Waals surface area contributed by atoms with Crippen molar-refractivity contribution in [2.24, 2.45) is 0 Å². The van der Waals surface area contributed by atoms with E-state index in [-0.39, 0.29) is 29.2 Å². The predicted octanol–water partition coefficient (Wildman–Crippen LogP) is 2.87. The summed E-state index contributed by atoms with van der Waals surface area (Å²) in [5, 5.41) is 0. The van der Waals surface area contributed by atoms with Gasteiger partial charge in [-0.25, -0.2) is 9.37 Å². The minimum Gasteiger partial charge on any atom is -0.493 e. The van der Waals surface area contributed by atoms with Gasteiger partial charge < -0.3 is 25.7 Å². The Bertz CT molecular complexity index is 695. The number of ether oxygens (including phenoxy) is 3. The molecule has 0 spiro atoms. The van der Waals surface area contributed by atoms with Gasteiger partial charge in [-0.05, 0) is 12.0 Å². The van der Waals surface area contributed by atoms with Gasteiger partial charge >= 0.3 is 0 Å². The molecule has 8 heteroatoms. The number of anilines is 2. The Balaban J connectivity index is 2.48. The molecule has 124 valence electrons. The Morgan fingerprint density at radius 1 is 1.13 bits per heavy atom. The molecule has 0 amide bonds. The second-order valence-corrected chi connectivity index (χ2v) is 5.03. The molecule has 0 saturated heterocycles. The number of nitrogens with two attached hydrogens (primary N) is 2. The van der Waals surface area contributed by atoms with Crippen molar-refractivity contribution in [3.8, 4) is 23.0 Å². The first-order valence-electron chi connectivity index (χ1n) is 6.92. The lowest BCUT2D eigenvalue weighted by molar-refractivity contribution is 0.184. The van der Waals surface area contributed by atoms with E-state index in [1.165, 1.54) is 13.3 Å². The SMILES string of the molecule is COc1cc(C(C)C)c(Oc2cnc(N)nc2N)cc1OCF. The molecule has 0 radical (unpaired) electrons. The Labute approximate surface area is 133 Å². The lowest BCUT2D eigenvalue weighted by Gasteiger charge is -2.18. The van der Waals surface area contributed by atoms with E-state index < -0.39 is 6.86 Å². The van der Waals surface area contributed by atoms with Crippen LogP contribution in [0.15, 0.2) is 18.3 Å². The summed E-state index contributed by atoms with van der Waals surface area (Å²) < 4.78 is 28.5. The largest absolute Gasteiger partial charge is 0.493 e. The third-order valence-electron chi connectivity index (χ3n) is 3.15. The lowest BCUT2D eigenvalue weighted by atomic mass is 10.0. The highest BCUT2D eigenvalue weighted by Gasteiger charge is 2.17. The van der Waals surface area contributed by atoms with Gasteiger partial charge in [0, 0.05) is 11.6 Å². The number of halogens is 1. The number of nitrogens with zero attached hydrogens (tertiary/aromatic N) is 2. The van der Waals surface area contributed by atoms with Gasteiger partial charge in [-0.15, -0.1) is 0 Å². The molecule has 0 bridgehead atoms. The van der Waals surface area contributed by atoms with Gasteiger partial charge in [0.1, 0.15) is 5.75 Å². The number of benzene rings is 1. The van der Waals surface area contributed by atoms with E-state index in [2.05, 4.69) is 9.97 Å². The molecule has 4 N–H and O–H groups in total. The van der Waals surface area contributed by atoms with Crippen LogP contribution in [0.5, 0.6) is 23.0 Å². The van der Waals surface area contributed by atoms with E-state index in [4.69, 9.17) is 25.7 Å². The van der Waals surface area contributed by atoms with Crippen LogP contribution in [0.3, 0.4) is 0 Å². The second-order valence-electron chi connectivity index (χ2n) is 5.03. The highest BCUT2D eigenvalue weighted by atomic mass is 19.1. The van der Waals surface area contributed by atoms with Crippen molar-refractivity contribution < 1.29 is 18.6 Å². The zero-order valence-electron chi connectivity index (χ0n) is 13.2. The van der Waals surface area contributed by atoms with Crippen molar-refractivity contribution in [3.63, 3.8) is 0 Å². The van der Waals surface area contributed by atoms with Crippen LogP contribution in [0.4, 0.5) is 16.2 Å². The van der Waals surface area contributed by atoms with Crippen LogP contribution in [-0.4, -0.2) is 23.9 Å². The Morgan fingerprint density at radius 3 is 2.43 bits per heavy atom. The Hall–Kier alpha value is -2.77. The molecule has 0 aliphatic heterocycles. The Morgan fingerprint density at radius 2 is 1.87 bits per heavy atom. The van der Waals surface area contributed by atoms with E-state index >= 15 is 0 Å². The van der Waals surface area contributed by atoms with E-state index in [9.17, 15) is 4.39 Å². The van der Waals surface area contributed by atoms with Crippen LogP contribution < -0.4 is 25.7 Å². The molecule has 0 saturated carbocycles. The van der Waals surface area contributed by atoms with Gasteiger partial charge in [0.05, 0.1) is 13.3 Å². The summed E-state index contributed by atoms with van der Waals surface area (Å²) in [5.74, 6) is 1.62. The van der Waals surface area contributed by atoms with E-state index in [1.807, 2.05) is 13.8 Å². The molecule has 0 aliphatic rings. The summed E-state index contributed by atoms with van der Waals surface area (Å²) in [4.78, 5) is 7.69. The average molecular weight is 322 g/mol. The fourth-order valence-corrected chi connectivity index (χ4v) is 2.02. The van der Waals surface area contributed by atoms with Gasteiger partial charge in [0.2, 0.25) is 12.8 Å². The summed E-state index contributed by atoms with van der Waals surface area (Å²) in [6.45, 7) is 2.99. The third-order valence-corrected chi connectivity index (χ3v) is 3.15. The van der Waals surface area contributed by atoms with Crippen molar-refractivity contribution in [2.75, 3.05) is 25.4 Å². The van der Waals surface area contributed by atoms with Crippen LogP contribution in [0.1, 0.15) is 25.3 Å². The minimum atomic E-state index is -0.982. The molecule has 23 heavy (non-hydrogen) atoms. The van der Waals surface area contributed by atoms with Crippen molar-refractivity contribution in [1.29, 1.82) is 0 Å². The second kappa shape index (κ2) is 6.99. The number of rotatable bonds is 6. The topological polar surface area (TPSA) is 106 Å². The van der Waals surface area contributed by atoms with Crippen LogP contribution in [0.2, 0.25) is 0 Å². The van der Waals surface area contributed by atoms with Gasteiger partial charge in [0.15, 0.2) is 23.1 Å². The van der Waals surface area contributed by atoms with E-state index in [1.54, 1.807) is 12.1 Å². The van der Waals surface area contributed by atoms with Crippen molar-refractivity contribution >= 4 is 11.8 Å². The smallest absolute Gasteiger partial charge is 0.228 e. The number of nitrogen functional groups attached to an aromatic ring is 2. The van der Waals surface area contributed by atoms with Gasteiger partial charge in [-0.2, -0.15) is 4.98 Å². The van der Waals surface area contributed by atoms with E-state index in [0.29, 0.717) is 11.5 Å². The minimum absolute atomic E-state index is 0.0510. The van der Waals surface area contributed by atoms with Gasteiger partial charge in [-0.3, -0.25) is 0 Å². The highest BCUT2D eigenvalue weighted by molar-refractivity contribution is 5.55. The summed E-state index contributed by atoms with van der Waals surface area (Å²) in [6, 6.07) is 3.28. The van der Waals surface area contributed by atoms with Crippen LogP contribution in [-0.2, 0) is 0 Å². The molecule has 2 rings (SSSR count). The summed E-state index contributed by atoms with van der Waals surface area (Å²) in [7, 11) is 1.48. The summed E-state index contributed by atoms with van der Waals surface area (Å²) in [6.07, 6.45) is 1.38. The molecular weight excluding hydrogens is 303 g/mol. The lowest BCUT2D eigenvalue weighted by Crippen LogP contribution is -2.03. The predicted molar refractivity (Wildman–Crippen MR) is 84.6 cm³/mol. The average Bonchev–Trinajstić information content (AvgIpc) is 2.50. The number of hydrogen-bond acceptors (Lipinski definition) is 7. The van der Waals surface area contributed by atoms with Crippen molar-refractivity contribution in [1.82, 2.24) is 9.97 Å². The quantitative estimate of drug-likeness (QED) is 0.842. The molecular formula is C15H19FN4O3. The zero-order chi connectivity index (χ0) is 17.0. The fraction of sp³-hybridized carbons (Fsp3) is 0.333. The zero-order valence-corrected chi connectivity index (χ0v) is 13.2. The summed E-state index contributed by atoms with van der Waals surface area (Å²) in [5.41, 5.74) is 12.1. The third kappa shape index (κ3) is 3.71. The molecule has 1 aromatic carbocycles. The van der Waals surface area contributed by atoms with Gasteiger partial charge in [0.25, 0.3) is 0 Å². The monoisotopic (exact) mass is 322 g/mol. The summed E-state index contributed by atoms with van der Waals surface area (Å²) >= 11 is 0. The molecule has 0 fully saturated rings. The van der Waals surface area contributed by atoms with Crippen LogP contribution in [0, 0.1) is 0 Å². The molecule has 7 nitrogen and oxygen atoms in total. The number of alkyl halides is 1. The maximum Gasteiger partial charge on any atom is 0.228 e. The molecule has 0 atom stereocenters. The maximum absolute atomic E-state index is 12.5. The molecule has 0 aliphatic carbocycles. The van der Waals surface area contributed by atoms with Crippen molar-refractivity contribution in [3.05, 3.63) is 23.9 Å². The molecule has 2 aromatic rings. The molecule has 1 aromatic heterocycles. The maximum atomic E-state index is 12.5.